The topological polar surface area (TPSA) is 9.23 Å². The maximum absolute atomic E-state index is 6.95. The fourth-order valence-corrected chi connectivity index (χ4v) is 4.73. The average molecular weight is 250 g/mol. The molecule has 0 N–H and O–H groups in total. The van der Waals surface area contributed by atoms with Gasteiger partial charge in [-0.2, -0.15) is 0 Å². The van der Waals surface area contributed by atoms with Crippen LogP contribution in [0.3, 0.4) is 0 Å². The predicted octanol–water partition coefficient (Wildman–Crippen LogP) is 5.37. The molecule has 1 heteroatoms. The van der Waals surface area contributed by atoms with E-state index in [9.17, 15) is 0 Å². The van der Waals surface area contributed by atoms with Gasteiger partial charge in [-0.05, 0) is 38.5 Å². The summed E-state index contributed by atoms with van der Waals surface area (Å²) in [6.45, 7) is 0. The molecule has 1 aliphatic heterocycles. The van der Waals surface area contributed by atoms with Crippen molar-refractivity contribution in [3.63, 3.8) is 0 Å². The lowest BCUT2D eigenvalue weighted by molar-refractivity contribution is -0.196. The van der Waals surface area contributed by atoms with Crippen molar-refractivity contribution < 1.29 is 4.74 Å². The maximum Gasteiger partial charge on any atom is 0.0690 e. The normalized spacial score (nSPS) is 32.0. The van der Waals surface area contributed by atoms with E-state index in [0.717, 1.165) is 0 Å². The third-order valence-electron chi connectivity index (χ3n) is 5.73. The van der Waals surface area contributed by atoms with Crippen molar-refractivity contribution in [3.8, 4) is 0 Å². The van der Waals surface area contributed by atoms with E-state index in [1.807, 2.05) is 0 Å². The van der Waals surface area contributed by atoms with Crippen molar-refractivity contribution in [3.05, 3.63) is 0 Å². The summed E-state index contributed by atoms with van der Waals surface area (Å²) in [4.78, 5) is 0. The summed E-state index contributed by atoms with van der Waals surface area (Å²) in [6, 6.07) is 0. The van der Waals surface area contributed by atoms with Gasteiger partial charge in [-0.1, -0.05) is 57.8 Å². The summed E-state index contributed by atoms with van der Waals surface area (Å²) < 4.78 is 6.95. The Bertz CT molecular complexity index is 233. The monoisotopic (exact) mass is 250 g/mol. The van der Waals surface area contributed by atoms with Crippen molar-refractivity contribution in [2.45, 2.75) is 108 Å². The molecule has 1 saturated heterocycles. The van der Waals surface area contributed by atoms with E-state index in [0.29, 0.717) is 11.2 Å². The van der Waals surface area contributed by atoms with E-state index in [1.165, 1.54) is 96.3 Å². The van der Waals surface area contributed by atoms with Crippen LogP contribution in [-0.2, 0) is 4.74 Å². The average Bonchev–Trinajstić information content (AvgIpc) is 2.39. The molecule has 0 amide bonds. The fraction of sp³-hybridized carbons (Fsp3) is 1.00. The van der Waals surface area contributed by atoms with E-state index >= 15 is 0 Å². The number of hydrogen-bond acceptors (Lipinski definition) is 1. The van der Waals surface area contributed by atoms with Gasteiger partial charge in [-0.3, -0.25) is 0 Å². The zero-order valence-electron chi connectivity index (χ0n) is 12.0. The minimum Gasteiger partial charge on any atom is -0.369 e. The highest BCUT2D eigenvalue weighted by molar-refractivity contribution is 4.94. The Labute approximate surface area is 113 Å². The molecule has 3 rings (SSSR count). The molecule has 18 heavy (non-hydrogen) atoms. The van der Waals surface area contributed by atoms with Crippen LogP contribution in [0.2, 0.25) is 0 Å². The lowest BCUT2D eigenvalue weighted by Gasteiger charge is -2.49. The summed E-state index contributed by atoms with van der Waals surface area (Å²) in [5, 5.41) is 0. The van der Waals surface area contributed by atoms with Crippen LogP contribution >= 0.6 is 0 Å². The summed E-state index contributed by atoms with van der Waals surface area (Å²) in [7, 11) is 0. The first kappa shape index (κ1) is 13.0. The largest absolute Gasteiger partial charge is 0.369 e. The first-order valence-corrected chi connectivity index (χ1v) is 8.53. The molecule has 0 bridgehead atoms. The van der Waals surface area contributed by atoms with Gasteiger partial charge in [0.15, 0.2) is 0 Å². The summed E-state index contributed by atoms with van der Waals surface area (Å²) in [6.07, 6.45) is 20.9. The molecule has 104 valence electrons. The van der Waals surface area contributed by atoms with Crippen LogP contribution in [-0.4, -0.2) is 11.2 Å². The van der Waals surface area contributed by atoms with Crippen LogP contribution in [0.25, 0.3) is 0 Å². The first-order valence-electron chi connectivity index (χ1n) is 8.53. The van der Waals surface area contributed by atoms with Gasteiger partial charge in [0.25, 0.3) is 0 Å². The van der Waals surface area contributed by atoms with E-state index in [-0.39, 0.29) is 0 Å². The second kappa shape index (κ2) is 5.53. The molecule has 1 heterocycles. The van der Waals surface area contributed by atoms with Crippen molar-refractivity contribution in [1.82, 2.24) is 0 Å². The molecule has 0 radical (unpaired) electrons. The van der Waals surface area contributed by atoms with Gasteiger partial charge >= 0.3 is 0 Å². The Kier molecular flexibility index (Phi) is 3.98. The van der Waals surface area contributed by atoms with Crippen molar-refractivity contribution in [1.29, 1.82) is 0 Å². The quantitative estimate of drug-likeness (QED) is 0.561. The molecule has 0 unspecified atom stereocenters. The summed E-state index contributed by atoms with van der Waals surface area (Å²) in [5.74, 6) is 0. The van der Waals surface area contributed by atoms with Gasteiger partial charge in [0, 0.05) is 0 Å². The van der Waals surface area contributed by atoms with Crippen LogP contribution < -0.4 is 0 Å². The lowest BCUT2D eigenvalue weighted by atomic mass is 9.75. The minimum absolute atomic E-state index is 0.302. The Morgan fingerprint density at radius 2 is 0.667 bits per heavy atom. The lowest BCUT2D eigenvalue weighted by Crippen LogP contribution is -2.47. The van der Waals surface area contributed by atoms with Gasteiger partial charge in [0.2, 0.25) is 0 Å². The highest BCUT2D eigenvalue weighted by Crippen LogP contribution is 2.46. The maximum atomic E-state index is 6.95. The molecule has 0 aromatic heterocycles. The van der Waals surface area contributed by atoms with Gasteiger partial charge < -0.3 is 4.74 Å². The second-order valence-corrected chi connectivity index (χ2v) is 7.15. The first-order chi connectivity index (χ1) is 8.83. The molecule has 2 spiro atoms. The van der Waals surface area contributed by atoms with Gasteiger partial charge in [0.1, 0.15) is 0 Å². The van der Waals surface area contributed by atoms with Gasteiger partial charge in [-0.15, -0.1) is 0 Å². The number of rotatable bonds is 0. The van der Waals surface area contributed by atoms with Crippen LogP contribution in [0, 0.1) is 0 Å². The van der Waals surface area contributed by atoms with Crippen molar-refractivity contribution >= 4 is 0 Å². The predicted molar refractivity (Wildman–Crippen MR) is 75.8 cm³/mol. The molecular formula is C17H30O. The molecule has 3 aliphatic rings. The zero-order valence-corrected chi connectivity index (χ0v) is 12.0. The zero-order chi connectivity index (χ0) is 12.3. The smallest absolute Gasteiger partial charge is 0.0690 e. The Morgan fingerprint density at radius 1 is 0.389 bits per heavy atom. The molecule has 1 nitrogen and oxygen atoms in total. The SMILES string of the molecule is C1CCC2(CC1)CCCCCC1(CCCCC1)O2. The molecule has 2 aliphatic carbocycles. The number of ether oxygens (including phenoxy) is 1. The summed E-state index contributed by atoms with van der Waals surface area (Å²) >= 11 is 0. The third-order valence-corrected chi connectivity index (χ3v) is 5.73. The van der Waals surface area contributed by atoms with E-state index < -0.39 is 0 Å². The van der Waals surface area contributed by atoms with Crippen LogP contribution in [0.15, 0.2) is 0 Å². The van der Waals surface area contributed by atoms with E-state index in [2.05, 4.69) is 0 Å². The Balaban J connectivity index is 1.76. The van der Waals surface area contributed by atoms with Gasteiger partial charge in [-0.25, -0.2) is 0 Å². The molecule has 0 aromatic carbocycles. The van der Waals surface area contributed by atoms with Gasteiger partial charge in [0.05, 0.1) is 11.2 Å². The third kappa shape index (κ3) is 2.76. The number of hydrogen-bond donors (Lipinski definition) is 0. The highest BCUT2D eigenvalue weighted by Gasteiger charge is 2.43. The molecule has 0 atom stereocenters. The molecule has 2 saturated carbocycles. The van der Waals surface area contributed by atoms with Crippen LogP contribution in [0.5, 0.6) is 0 Å². The second-order valence-electron chi connectivity index (χ2n) is 7.15. The standard InChI is InChI=1S/C17H30O/c1-4-10-16(11-5-1)14-8-3-9-15-17(18-16)12-6-2-7-13-17/h1-15H2. The molecule has 0 aromatic rings. The van der Waals surface area contributed by atoms with Crippen molar-refractivity contribution in [2.75, 3.05) is 0 Å². The fourth-order valence-electron chi connectivity index (χ4n) is 4.73. The Morgan fingerprint density at radius 3 is 0.944 bits per heavy atom. The summed E-state index contributed by atoms with van der Waals surface area (Å²) in [5.41, 5.74) is 0.603. The van der Waals surface area contributed by atoms with E-state index in [1.54, 1.807) is 0 Å². The van der Waals surface area contributed by atoms with Crippen LogP contribution in [0.4, 0.5) is 0 Å². The molecular weight excluding hydrogens is 220 g/mol. The minimum atomic E-state index is 0.302. The Hall–Kier alpha value is -0.0400. The van der Waals surface area contributed by atoms with E-state index in [4.69, 9.17) is 4.74 Å². The van der Waals surface area contributed by atoms with Crippen molar-refractivity contribution in [2.24, 2.45) is 0 Å². The highest BCUT2D eigenvalue weighted by atomic mass is 16.5. The van der Waals surface area contributed by atoms with Crippen LogP contribution in [0.1, 0.15) is 96.3 Å². The molecule has 3 fully saturated rings.